The normalized spacial score (nSPS) is 19.2. The third-order valence-electron chi connectivity index (χ3n) is 6.85. The number of carbonyl (C=O) groups is 4. The van der Waals surface area contributed by atoms with Crippen LogP contribution < -0.4 is 0 Å². The SMILES string of the molecule is O=C(CCN1CC1)OCC(COC(=O)CCN1CC1)(COC(=O)CCN1CC1)COC(=O)CCN1CC1. The molecule has 0 bridgehead atoms. The Kier molecular flexibility index (Phi) is 10.1. The molecule has 0 amide bonds. The molecule has 0 saturated carbocycles. The van der Waals surface area contributed by atoms with Crippen molar-refractivity contribution in [1.29, 1.82) is 0 Å². The van der Waals surface area contributed by atoms with E-state index in [1.165, 1.54) is 0 Å². The van der Waals surface area contributed by atoms with Crippen LogP contribution in [0.2, 0.25) is 0 Å². The Bertz CT molecular complexity index is 675. The molecule has 4 aliphatic heterocycles. The van der Waals surface area contributed by atoms with Gasteiger partial charge in [0.1, 0.15) is 31.8 Å². The molecule has 0 unspecified atom stereocenters. The van der Waals surface area contributed by atoms with Gasteiger partial charge in [-0.2, -0.15) is 0 Å². The highest BCUT2D eigenvalue weighted by molar-refractivity contribution is 5.71. The Morgan fingerprint density at radius 1 is 0.432 bits per heavy atom. The van der Waals surface area contributed by atoms with E-state index in [9.17, 15) is 19.2 Å². The van der Waals surface area contributed by atoms with Crippen LogP contribution in [0.25, 0.3) is 0 Å². The summed E-state index contributed by atoms with van der Waals surface area (Å²) in [6.45, 7) is 9.54. The van der Waals surface area contributed by atoms with Crippen molar-refractivity contribution in [3.8, 4) is 0 Å². The largest absolute Gasteiger partial charge is 0.465 e. The van der Waals surface area contributed by atoms with E-state index in [1.54, 1.807) is 0 Å². The van der Waals surface area contributed by atoms with E-state index in [-0.39, 0.29) is 52.1 Å². The van der Waals surface area contributed by atoms with Crippen LogP contribution in [0.4, 0.5) is 0 Å². The molecule has 4 fully saturated rings. The summed E-state index contributed by atoms with van der Waals surface area (Å²) >= 11 is 0. The molecule has 0 aromatic carbocycles. The second-order valence-corrected chi connectivity index (χ2v) is 10.5. The van der Waals surface area contributed by atoms with Gasteiger partial charge in [0.2, 0.25) is 0 Å². The Labute approximate surface area is 218 Å². The molecule has 37 heavy (non-hydrogen) atoms. The van der Waals surface area contributed by atoms with Crippen LogP contribution in [0, 0.1) is 5.41 Å². The summed E-state index contributed by atoms with van der Waals surface area (Å²) < 4.78 is 22.2. The zero-order valence-corrected chi connectivity index (χ0v) is 21.7. The minimum Gasteiger partial charge on any atom is -0.465 e. The smallest absolute Gasteiger partial charge is 0.307 e. The van der Waals surface area contributed by atoms with Gasteiger partial charge in [0.05, 0.1) is 25.7 Å². The van der Waals surface area contributed by atoms with Gasteiger partial charge in [-0.3, -0.25) is 19.2 Å². The van der Waals surface area contributed by atoms with Gasteiger partial charge in [0.15, 0.2) is 0 Å². The lowest BCUT2D eigenvalue weighted by Gasteiger charge is -2.31. The highest BCUT2D eigenvalue weighted by Gasteiger charge is 2.38. The first-order valence-corrected chi connectivity index (χ1v) is 13.4. The van der Waals surface area contributed by atoms with Gasteiger partial charge in [-0.15, -0.1) is 0 Å². The number of rotatable bonds is 20. The molecule has 0 aromatic heterocycles. The first kappa shape index (κ1) is 27.7. The molecule has 4 rings (SSSR count). The van der Waals surface area contributed by atoms with Crippen LogP contribution >= 0.6 is 0 Å². The average Bonchev–Trinajstić information content (AvgIpc) is 3.74. The standard InChI is InChI=1S/C25H40N4O8/c30-21(1-5-26-9-10-26)34-17-25(18-35-22(31)2-6-27-11-12-27,19-36-23(32)3-7-28-13-14-28)20-37-24(33)4-8-29-15-16-29/h1-20H2. The quantitative estimate of drug-likeness (QED) is 0.110. The van der Waals surface area contributed by atoms with Gasteiger partial charge in [-0.25, -0.2) is 0 Å². The van der Waals surface area contributed by atoms with E-state index in [2.05, 4.69) is 19.6 Å². The van der Waals surface area contributed by atoms with E-state index >= 15 is 0 Å². The maximum absolute atomic E-state index is 12.4. The molecule has 0 atom stereocenters. The van der Waals surface area contributed by atoms with Gasteiger partial charge in [-0.05, 0) is 0 Å². The van der Waals surface area contributed by atoms with Crippen LogP contribution in [0.3, 0.4) is 0 Å². The number of hydrogen-bond donors (Lipinski definition) is 0. The van der Waals surface area contributed by atoms with Crippen LogP contribution in [-0.2, 0) is 38.1 Å². The van der Waals surface area contributed by atoms with Crippen LogP contribution in [0.1, 0.15) is 25.7 Å². The topological polar surface area (TPSA) is 117 Å². The van der Waals surface area contributed by atoms with Gasteiger partial charge in [0.25, 0.3) is 0 Å². The van der Waals surface area contributed by atoms with Crippen molar-refractivity contribution in [2.75, 3.05) is 105 Å². The van der Waals surface area contributed by atoms with E-state index in [1.807, 2.05) is 0 Å². The number of carbonyl (C=O) groups excluding carboxylic acids is 4. The second kappa shape index (κ2) is 13.5. The minimum atomic E-state index is -1.18. The summed E-state index contributed by atoms with van der Waals surface area (Å²) in [5, 5.41) is 0. The molecule has 0 radical (unpaired) electrons. The molecule has 0 aromatic rings. The molecule has 12 heteroatoms. The summed E-state index contributed by atoms with van der Waals surface area (Å²) in [5.41, 5.74) is -1.18. The first-order chi connectivity index (χ1) is 17.9. The molecule has 4 heterocycles. The number of ether oxygens (including phenoxy) is 4. The van der Waals surface area contributed by atoms with Crippen molar-refractivity contribution < 1.29 is 38.1 Å². The van der Waals surface area contributed by atoms with Crippen molar-refractivity contribution in [3.63, 3.8) is 0 Å². The van der Waals surface area contributed by atoms with Crippen molar-refractivity contribution in [2.45, 2.75) is 25.7 Å². The zero-order valence-electron chi connectivity index (χ0n) is 21.7. The van der Waals surface area contributed by atoms with Gasteiger partial charge < -0.3 is 38.5 Å². The van der Waals surface area contributed by atoms with E-state index in [4.69, 9.17) is 18.9 Å². The Morgan fingerprint density at radius 3 is 0.838 bits per heavy atom. The zero-order chi connectivity index (χ0) is 26.1. The molecule has 4 saturated heterocycles. The third kappa shape index (κ3) is 11.8. The van der Waals surface area contributed by atoms with E-state index in [0.29, 0.717) is 26.2 Å². The number of hydrogen-bond acceptors (Lipinski definition) is 12. The predicted octanol–water partition coefficient (Wildman–Crippen LogP) is -1.03. The number of esters is 4. The van der Waals surface area contributed by atoms with Gasteiger partial charge in [0, 0.05) is 78.5 Å². The molecule has 0 N–H and O–H groups in total. The lowest BCUT2D eigenvalue weighted by molar-refractivity contribution is -0.170. The van der Waals surface area contributed by atoms with Gasteiger partial charge >= 0.3 is 23.9 Å². The summed E-state index contributed by atoms with van der Waals surface area (Å²) in [6, 6.07) is 0. The van der Waals surface area contributed by atoms with Crippen LogP contribution in [0.15, 0.2) is 0 Å². The van der Waals surface area contributed by atoms with E-state index < -0.39 is 29.3 Å². The maximum Gasteiger partial charge on any atom is 0.307 e. The number of nitrogens with zero attached hydrogens (tertiary/aromatic N) is 4. The van der Waals surface area contributed by atoms with E-state index in [0.717, 1.165) is 52.4 Å². The summed E-state index contributed by atoms with van der Waals surface area (Å²) in [5.74, 6) is -1.59. The molecule has 0 spiro atoms. The summed E-state index contributed by atoms with van der Waals surface area (Å²) in [4.78, 5) is 58.1. The molecule has 12 nitrogen and oxygen atoms in total. The highest BCUT2D eigenvalue weighted by atomic mass is 16.6. The Morgan fingerprint density at radius 2 is 0.649 bits per heavy atom. The molecule has 0 aliphatic carbocycles. The Hall–Kier alpha value is -2.28. The van der Waals surface area contributed by atoms with Crippen molar-refractivity contribution in [3.05, 3.63) is 0 Å². The fourth-order valence-corrected chi connectivity index (χ4v) is 3.65. The minimum absolute atomic E-state index is 0.190. The predicted molar refractivity (Wildman–Crippen MR) is 130 cm³/mol. The van der Waals surface area contributed by atoms with Crippen LogP contribution in [-0.4, -0.2) is 148 Å². The van der Waals surface area contributed by atoms with Crippen molar-refractivity contribution in [1.82, 2.24) is 19.6 Å². The summed E-state index contributed by atoms with van der Waals surface area (Å²) in [7, 11) is 0. The van der Waals surface area contributed by atoms with Crippen molar-refractivity contribution >= 4 is 23.9 Å². The second-order valence-electron chi connectivity index (χ2n) is 10.5. The monoisotopic (exact) mass is 524 g/mol. The van der Waals surface area contributed by atoms with Crippen molar-refractivity contribution in [2.24, 2.45) is 5.41 Å². The lowest BCUT2D eigenvalue weighted by atomic mass is 9.92. The molecular formula is C25H40N4O8. The fourth-order valence-electron chi connectivity index (χ4n) is 3.65. The summed E-state index contributed by atoms with van der Waals surface area (Å²) in [6.07, 6.45) is 0.932. The van der Waals surface area contributed by atoms with Crippen LogP contribution in [0.5, 0.6) is 0 Å². The molecule has 4 aliphatic rings. The van der Waals surface area contributed by atoms with Gasteiger partial charge in [-0.1, -0.05) is 0 Å². The average molecular weight is 525 g/mol. The maximum atomic E-state index is 12.4. The Balaban J connectivity index is 1.34. The third-order valence-corrected chi connectivity index (χ3v) is 6.85. The lowest BCUT2D eigenvalue weighted by Crippen LogP contribution is -2.44. The fraction of sp³-hybridized carbons (Fsp3) is 0.840. The molecular weight excluding hydrogens is 484 g/mol. The first-order valence-electron chi connectivity index (χ1n) is 13.4. The molecule has 208 valence electrons. The highest BCUT2D eigenvalue weighted by Crippen LogP contribution is 2.23.